The van der Waals surface area contributed by atoms with Gasteiger partial charge in [-0.1, -0.05) is 23.7 Å². The van der Waals surface area contributed by atoms with Crippen LogP contribution in [0.5, 0.6) is 5.75 Å². The lowest BCUT2D eigenvalue weighted by atomic mass is 10.1. The predicted molar refractivity (Wildman–Crippen MR) is 116 cm³/mol. The minimum absolute atomic E-state index is 0.537. The van der Waals surface area contributed by atoms with E-state index in [2.05, 4.69) is 15.3 Å². The van der Waals surface area contributed by atoms with Gasteiger partial charge >= 0.3 is 6.18 Å². The van der Waals surface area contributed by atoms with E-state index in [-0.39, 0.29) is 0 Å². The van der Waals surface area contributed by atoms with E-state index in [0.717, 1.165) is 17.7 Å². The van der Waals surface area contributed by atoms with Crippen molar-refractivity contribution in [1.82, 2.24) is 19.7 Å². The van der Waals surface area contributed by atoms with Gasteiger partial charge < -0.3 is 10.1 Å². The third-order valence-electron chi connectivity index (χ3n) is 4.46. The van der Waals surface area contributed by atoms with E-state index >= 15 is 0 Å². The van der Waals surface area contributed by atoms with Crippen LogP contribution in [0.1, 0.15) is 5.56 Å². The highest BCUT2D eigenvalue weighted by molar-refractivity contribution is 6.30. The van der Waals surface area contributed by atoms with E-state index in [1.54, 1.807) is 55.3 Å². The number of hydrogen-bond donors (Lipinski definition) is 1. The number of methoxy groups -OCH3 is 1. The SMILES string of the molecule is CNC=O.COc1cc(Cl)ccc1-c1cn2c(-c3ccc(C(F)(F)F)cc3)cnc2cn1. The normalized spacial score (nSPS) is 10.9. The van der Waals surface area contributed by atoms with Crippen molar-refractivity contribution >= 4 is 23.7 Å². The van der Waals surface area contributed by atoms with Crippen LogP contribution in [0, 0.1) is 0 Å². The van der Waals surface area contributed by atoms with E-state index in [4.69, 9.17) is 21.1 Å². The Morgan fingerprint density at radius 2 is 1.78 bits per heavy atom. The van der Waals surface area contributed by atoms with Crippen LogP contribution in [0.2, 0.25) is 5.02 Å². The fourth-order valence-corrected chi connectivity index (χ4v) is 3.11. The molecular formula is C22H18ClF3N4O2. The first-order valence-electron chi connectivity index (χ1n) is 9.24. The number of fused-ring (bicyclic) bond motifs is 1. The largest absolute Gasteiger partial charge is 0.496 e. The predicted octanol–water partition coefficient (Wildman–Crippen LogP) is 5.11. The number of hydrogen-bond acceptors (Lipinski definition) is 4. The van der Waals surface area contributed by atoms with E-state index in [9.17, 15) is 13.2 Å². The van der Waals surface area contributed by atoms with Crippen LogP contribution in [0.25, 0.3) is 28.2 Å². The second-order valence-corrected chi connectivity index (χ2v) is 6.91. The monoisotopic (exact) mass is 462 g/mol. The van der Waals surface area contributed by atoms with Crippen molar-refractivity contribution in [2.24, 2.45) is 0 Å². The molecule has 0 aliphatic heterocycles. The van der Waals surface area contributed by atoms with Crippen LogP contribution in [0.3, 0.4) is 0 Å². The second-order valence-electron chi connectivity index (χ2n) is 6.47. The van der Waals surface area contributed by atoms with Gasteiger partial charge in [-0.3, -0.25) is 14.2 Å². The van der Waals surface area contributed by atoms with Gasteiger partial charge in [0.1, 0.15) is 5.75 Å². The second kappa shape index (κ2) is 9.69. The summed E-state index contributed by atoms with van der Waals surface area (Å²) in [5.41, 5.74) is 2.50. The molecule has 0 unspecified atom stereocenters. The quantitative estimate of drug-likeness (QED) is 0.428. The van der Waals surface area contributed by atoms with Crippen LogP contribution in [-0.2, 0) is 11.0 Å². The summed E-state index contributed by atoms with van der Waals surface area (Å²) in [6.07, 6.45) is 1.21. The Morgan fingerprint density at radius 1 is 1.09 bits per heavy atom. The van der Waals surface area contributed by atoms with Gasteiger partial charge in [0, 0.05) is 29.4 Å². The number of benzene rings is 2. The molecule has 0 aliphatic rings. The van der Waals surface area contributed by atoms with E-state index in [0.29, 0.717) is 39.8 Å². The van der Waals surface area contributed by atoms with E-state index in [1.807, 2.05) is 0 Å². The van der Waals surface area contributed by atoms with Crippen molar-refractivity contribution < 1.29 is 22.7 Å². The van der Waals surface area contributed by atoms with E-state index < -0.39 is 11.7 Å². The highest BCUT2D eigenvalue weighted by atomic mass is 35.5. The minimum Gasteiger partial charge on any atom is -0.496 e. The van der Waals surface area contributed by atoms with Crippen molar-refractivity contribution in [2.75, 3.05) is 14.2 Å². The van der Waals surface area contributed by atoms with Crippen molar-refractivity contribution in [3.05, 3.63) is 71.6 Å². The maximum absolute atomic E-state index is 12.8. The summed E-state index contributed by atoms with van der Waals surface area (Å²) in [5.74, 6) is 0.565. The number of alkyl halides is 3. The zero-order valence-electron chi connectivity index (χ0n) is 17.0. The number of ether oxygens (including phenoxy) is 1. The number of amides is 1. The number of nitrogens with one attached hydrogen (secondary N) is 1. The highest BCUT2D eigenvalue weighted by Gasteiger charge is 2.30. The Kier molecular flexibility index (Phi) is 6.99. The van der Waals surface area contributed by atoms with Crippen molar-refractivity contribution in [1.29, 1.82) is 0 Å². The summed E-state index contributed by atoms with van der Waals surface area (Å²) in [4.78, 5) is 17.8. The van der Waals surface area contributed by atoms with Crippen molar-refractivity contribution in [2.45, 2.75) is 6.18 Å². The van der Waals surface area contributed by atoms with Crippen LogP contribution in [0.4, 0.5) is 13.2 Å². The lowest BCUT2D eigenvalue weighted by molar-refractivity contribution is -0.137. The summed E-state index contributed by atoms with van der Waals surface area (Å²) in [5, 5.41) is 2.79. The lowest BCUT2D eigenvalue weighted by Crippen LogP contribution is -2.04. The minimum atomic E-state index is -4.37. The van der Waals surface area contributed by atoms with Gasteiger partial charge in [-0.05, 0) is 30.3 Å². The van der Waals surface area contributed by atoms with Gasteiger partial charge in [-0.2, -0.15) is 13.2 Å². The van der Waals surface area contributed by atoms with Gasteiger partial charge in [-0.25, -0.2) is 4.98 Å². The molecule has 32 heavy (non-hydrogen) atoms. The van der Waals surface area contributed by atoms with Crippen molar-refractivity contribution in [3.8, 4) is 28.3 Å². The molecule has 0 aliphatic carbocycles. The molecule has 0 atom stereocenters. The summed E-state index contributed by atoms with van der Waals surface area (Å²) < 4.78 is 45.6. The smallest absolute Gasteiger partial charge is 0.416 e. The first-order valence-corrected chi connectivity index (χ1v) is 9.62. The maximum atomic E-state index is 12.8. The van der Waals surface area contributed by atoms with Crippen molar-refractivity contribution in [3.63, 3.8) is 0 Å². The summed E-state index contributed by atoms with van der Waals surface area (Å²) in [6.45, 7) is 0. The molecule has 2 aromatic carbocycles. The van der Waals surface area contributed by atoms with Gasteiger partial charge in [0.25, 0.3) is 0 Å². The molecule has 0 radical (unpaired) electrons. The molecule has 10 heteroatoms. The van der Waals surface area contributed by atoms with E-state index in [1.165, 1.54) is 12.1 Å². The highest BCUT2D eigenvalue weighted by Crippen LogP contribution is 2.33. The molecule has 4 rings (SSSR count). The van der Waals surface area contributed by atoms with Gasteiger partial charge in [0.2, 0.25) is 6.41 Å². The fraction of sp³-hybridized carbons (Fsp3) is 0.136. The zero-order chi connectivity index (χ0) is 23.3. The summed E-state index contributed by atoms with van der Waals surface area (Å²) in [7, 11) is 3.10. The average molecular weight is 463 g/mol. The molecule has 0 fully saturated rings. The zero-order valence-corrected chi connectivity index (χ0v) is 17.8. The number of aromatic nitrogens is 3. The van der Waals surface area contributed by atoms with Crippen LogP contribution >= 0.6 is 11.6 Å². The number of nitrogens with zero attached hydrogens (tertiary/aromatic N) is 3. The molecule has 2 aromatic heterocycles. The molecule has 0 bridgehead atoms. The first-order chi connectivity index (χ1) is 15.3. The Hall–Kier alpha value is -3.59. The number of carbonyl (C=O) groups excluding carboxylic acids is 1. The Bertz CT molecular complexity index is 1220. The van der Waals surface area contributed by atoms with Crippen LogP contribution in [0.15, 0.2) is 61.1 Å². The molecular weight excluding hydrogens is 445 g/mol. The van der Waals surface area contributed by atoms with Crippen LogP contribution < -0.4 is 10.1 Å². The topological polar surface area (TPSA) is 68.5 Å². The molecule has 4 aromatic rings. The Labute approximate surface area is 186 Å². The molecule has 1 amide bonds. The Balaban J connectivity index is 0.000000668. The first kappa shape index (κ1) is 23.1. The number of carbonyl (C=O) groups is 1. The number of imidazole rings is 1. The van der Waals surface area contributed by atoms with Gasteiger partial charge in [-0.15, -0.1) is 0 Å². The summed E-state index contributed by atoms with van der Waals surface area (Å²) >= 11 is 6.02. The van der Waals surface area contributed by atoms with Gasteiger partial charge in [0.05, 0.1) is 36.5 Å². The van der Waals surface area contributed by atoms with Gasteiger partial charge in [0.15, 0.2) is 5.65 Å². The molecule has 166 valence electrons. The lowest BCUT2D eigenvalue weighted by Gasteiger charge is -2.10. The fourth-order valence-electron chi connectivity index (χ4n) is 2.95. The molecule has 0 spiro atoms. The third kappa shape index (κ3) is 5.00. The summed E-state index contributed by atoms with van der Waals surface area (Å²) in [6, 6.07) is 10.2. The third-order valence-corrected chi connectivity index (χ3v) is 4.70. The molecule has 6 nitrogen and oxygen atoms in total. The molecule has 0 saturated carbocycles. The Morgan fingerprint density at radius 3 is 2.38 bits per heavy atom. The standard InChI is InChI=1S/C20H13ClF3N3O.C2H5NO/c1-28-18-8-14(21)6-7-15(18)16-11-27-17(9-26-19(27)10-25-16)12-2-4-13(5-3-12)20(22,23)24;1-3-2-4/h2-11H,1H3;2H,1H3,(H,3,4). The number of rotatable bonds is 4. The average Bonchev–Trinajstić information content (AvgIpc) is 3.22. The van der Waals surface area contributed by atoms with Crippen LogP contribution in [-0.4, -0.2) is 34.9 Å². The molecule has 1 N–H and O–H groups in total. The maximum Gasteiger partial charge on any atom is 0.416 e. The molecule has 2 heterocycles. The molecule has 0 saturated heterocycles. The number of halogens is 4.